The second-order valence-corrected chi connectivity index (χ2v) is 8.83. The fourth-order valence-electron chi connectivity index (χ4n) is 4.05. The van der Waals surface area contributed by atoms with Gasteiger partial charge in [-0.15, -0.1) is 0 Å². The molecule has 154 valence electrons. The third-order valence-electron chi connectivity index (χ3n) is 5.78. The van der Waals surface area contributed by atoms with E-state index in [0.717, 1.165) is 50.5 Å². The summed E-state index contributed by atoms with van der Waals surface area (Å²) in [6.07, 6.45) is 1.55. The normalized spacial score (nSPS) is 18.9. The molecule has 2 amide bonds. The van der Waals surface area contributed by atoms with Crippen molar-refractivity contribution in [2.24, 2.45) is 11.3 Å². The molecule has 0 atom stereocenters. The van der Waals surface area contributed by atoms with Gasteiger partial charge in [0.15, 0.2) is 0 Å². The first kappa shape index (κ1) is 20.5. The highest BCUT2D eigenvalue weighted by atomic mass is 16.5. The van der Waals surface area contributed by atoms with Crippen LogP contribution in [0, 0.1) is 11.3 Å². The SMILES string of the molecule is COc1cccc(N2CCN(C(=O)C3CCN(C(=O)C(C)(C)C)CC3)CC2)c1. The van der Waals surface area contributed by atoms with E-state index in [-0.39, 0.29) is 23.1 Å². The average Bonchev–Trinajstić information content (AvgIpc) is 2.72. The number of benzene rings is 1. The van der Waals surface area contributed by atoms with Gasteiger partial charge >= 0.3 is 0 Å². The van der Waals surface area contributed by atoms with Crippen molar-refractivity contribution in [3.8, 4) is 5.75 Å². The number of methoxy groups -OCH3 is 1. The van der Waals surface area contributed by atoms with Crippen LogP contribution in [0.5, 0.6) is 5.75 Å². The molecule has 2 fully saturated rings. The Kier molecular flexibility index (Phi) is 6.16. The van der Waals surface area contributed by atoms with E-state index < -0.39 is 0 Å². The second kappa shape index (κ2) is 8.41. The first-order valence-electron chi connectivity index (χ1n) is 10.3. The predicted octanol–water partition coefficient (Wildman–Crippen LogP) is 2.63. The summed E-state index contributed by atoms with van der Waals surface area (Å²) in [5, 5.41) is 0. The highest BCUT2D eigenvalue weighted by Gasteiger charge is 2.34. The van der Waals surface area contributed by atoms with Crippen LogP contribution >= 0.6 is 0 Å². The van der Waals surface area contributed by atoms with Gasteiger partial charge in [-0.25, -0.2) is 0 Å². The fourth-order valence-corrected chi connectivity index (χ4v) is 4.05. The Morgan fingerprint density at radius 1 is 0.964 bits per heavy atom. The van der Waals surface area contributed by atoms with Gasteiger partial charge in [0.1, 0.15) is 5.75 Å². The molecule has 1 aromatic carbocycles. The quantitative estimate of drug-likeness (QED) is 0.800. The van der Waals surface area contributed by atoms with E-state index in [1.165, 1.54) is 0 Å². The summed E-state index contributed by atoms with van der Waals surface area (Å²) in [6, 6.07) is 8.07. The maximum absolute atomic E-state index is 13.0. The number of amides is 2. The molecule has 0 radical (unpaired) electrons. The summed E-state index contributed by atoms with van der Waals surface area (Å²) in [4.78, 5) is 31.6. The van der Waals surface area contributed by atoms with Crippen molar-refractivity contribution in [3.63, 3.8) is 0 Å². The monoisotopic (exact) mass is 387 g/mol. The van der Waals surface area contributed by atoms with Crippen LogP contribution in [0.2, 0.25) is 0 Å². The number of nitrogens with zero attached hydrogens (tertiary/aromatic N) is 3. The lowest BCUT2D eigenvalue weighted by atomic mass is 9.90. The van der Waals surface area contributed by atoms with Crippen LogP contribution in [0.25, 0.3) is 0 Å². The minimum absolute atomic E-state index is 0.0485. The molecule has 0 bridgehead atoms. The highest BCUT2D eigenvalue weighted by molar-refractivity contribution is 5.83. The van der Waals surface area contributed by atoms with E-state index in [2.05, 4.69) is 11.0 Å². The number of carbonyl (C=O) groups is 2. The molecular formula is C22H33N3O3. The lowest BCUT2D eigenvalue weighted by Gasteiger charge is -2.40. The van der Waals surface area contributed by atoms with Crippen LogP contribution in [0.3, 0.4) is 0 Å². The van der Waals surface area contributed by atoms with Crippen molar-refractivity contribution in [3.05, 3.63) is 24.3 Å². The van der Waals surface area contributed by atoms with E-state index >= 15 is 0 Å². The third-order valence-corrected chi connectivity index (χ3v) is 5.78. The van der Waals surface area contributed by atoms with Crippen LogP contribution in [0.1, 0.15) is 33.6 Å². The van der Waals surface area contributed by atoms with Gasteiger partial charge in [-0.3, -0.25) is 9.59 Å². The van der Waals surface area contributed by atoms with E-state index in [9.17, 15) is 9.59 Å². The molecule has 6 heteroatoms. The topological polar surface area (TPSA) is 53.1 Å². The number of anilines is 1. The van der Waals surface area contributed by atoms with Crippen LogP contribution in [-0.2, 0) is 9.59 Å². The number of rotatable bonds is 3. The van der Waals surface area contributed by atoms with Crippen molar-refractivity contribution in [1.29, 1.82) is 0 Å². The van der Waals surface area contributed by atoms with Gasteiger partial charge in [0.05, 0.1) is 7.11 Å². The summed E-state index contributed by atoms with van der Waals surface area (Å²) in [5.74, 6) is 1.35. The standard InChI is InChI=1S/C22H33N3O3/c1-22(2,3)21(27)25-10-8-17(9-11-25)20(26)24-14-12-23(13-15-24)18-6-5-7-19(16-18)28-4/h5-7,16-17H,8-15H2,1-4H3. The fraction of sp³-hybridized carbons (Fsp3) is 0.636. The van der Waals surface area contributed by atoms with Crippen molar-refractivity contribution < 1.29 is 14.3 Å². The third kappa shape index (κ3) is 4.59. The van der Waals surface area contributed by atoms with Gasteiger partial charge in [0.2, 0.25) is 11.8 Å². The Labute approximate surface area is 168 Å². The maximum atomic E-state index is 13.0. The number of hydrogen-bond acceptors (Lipinski definition) is 4. The lowest BCUT2D eigenvalue weighted by Crippen LogP contribution is -2.52. The second-order valence-electron chi connectivity index (χ2n) is 8.83. The van der Waals surface area contributed by atoms with Gasteiger partial charge in [0, 0.05) is 62.4 Å². The van der Waals surface area contributed by atoms with Gasteiger partial charge in [-0.1, -0.05) is 26.8 Å². The first-order valence-corrected chi connectivity index (χ1v) is 10.3. The molecule has 2 heterocycles. The van der Waals surface area contributed by atoms with E-state index in [4.69, 9.17) is 4.74 Å². The van der Waals surface area contributed by atoms with E-state index in [1.807, 2.05) is 48.8 Å². The smallest absolute Gasteiger partial charge is 0.227 e. The van der Waals surface area contributed by atoms with Gasteiger partial charge in [-0.05, 0) is 25.0 Å². The number of carbonyl (C=O) groups excluding carboxylic acids is 2. The summed E-state index contributed by atoms with van der Waals surface area (Å²) in [5.41, 5.74) is 0.785. The lowest BCUT2D eigenvalue weighted by molar-refractivity contribution is -0.145. The minimum Gasteiger partial charge on any atom is -0.497 e. The van der Waals surface area contributed by atoms with Crippen LogP contribution < -0.4 is 9.64 Å². The summed E-state index contributed by atoms with van der Waals surface area (Å²) in [6.45, 7) is 10.4. The molecule has 0 saturated carbocycles. The predicted molar refractivity (Wildman–Crippen MR) is 111 cm³/mol. The van der Waals surface area contributed by atoms with E-state index in [1.54, 1.807) is 7.11 Å². The maximum Gasteiger partial charge on any atom is 0.227 e. The van der Waals surface area contributed by atoms with Crippen molar-refractivity contribution in [2.75, 3.05) is 51.3 Å². The minimum atomic E-state index is -0.354. The molecule has 1 aromatic rings. The molecule has 0 N–H and O–H groups in total. The molecule has 0 aliphatic carbocycles. The molecular weight excluding hydrogens is 354 g/mol. The zero-order chi connectivity index (χ0) is 20.3. The summed E-state index contributed by atoms with van der Waals surface area (Å²) in [7, 11) is 1.68. The largest absolute Gasteiger partial charge is 0.497 e. The Morgan fingerprint density at radius 3 is 2.18 bits per heavy atom. The van der Waals surface area contributed by atoms with E-state index in [0.29, 0.717) is 13.1 Å². The number of hydrogen-bond donors (Lipinski definition) is 0. The summed E-state index contributed by atoms with van der Waals surface area (Å²) >= 11 is 0. The van der Waals surface area contributed by atoms with Gasteiger partial charge < -0.3 is 19.4 Å². The summed E-state index contributed by atoms with van der Waals surface area (Å²) < 4.78 is 5.31. The number of piperidine rings is 1. The molecule has 6 nitrogen and oxygen atoms in total. The number of piperazine rings is 1. The van der Waals surface area contributed by atoms with Crippen molar-refractivity contribution >= 4 is 17.5 Å². The number of ether oxygens (including phenoxy) is 1. The Hall–Kier alpha value is -2.24. The highest BCUT2D eigenvalue weighted by Crippen LogP contribution is 2.26. The first-order chi connectivity index (χ1) is 13.3. The molecule has 2 saturated heterocycles. The molecule has 0 spiro atoms. The number of likely N-dealkylation sites (tertiary alicyclic amines) is 1. The van der Waals surface area contributed by atoms with Gasteiger partial charge in [0.25, 0.3) is 0 Å². The zero-order valence-electron chi connectivity index (χ0n) is 17.6. The average molecular weight is 388 g/mol. The van der Waals surface area contributed by atoms with Gasteiger partial charge in [-0.2, -0.15) is 0 Å². The molecule has 0 unspecified atom stereocenters. The van der Waals surface area contributed by atoms with Crippen molar-refractivity contribution in [2.45, 2.75) is 33.6 Å². The Bertz CT molecular complexity index is 697. The molecule has 2 aliphatic rings. The molecule has 3 rings (SSSR count). The Morgan fingerprint density at radius 2 is 1.61 bits per heavy atom. The molecule has 28 heavy (non-hydrogen) atoms. The van der Waals surface area contributed by atoms with Crippen molar-refractivity contribution in [1.82, 2.24) is 9.80 Å². The van der Waals surface area contributed by atoms with Crippen LogP contribution in [0.15, 0.2) is 24.3 Å². The molecule has 2 aliphatic heterocycles. The van der Waals surface area contributed by atoms with Crippen LogP contribution in [0.4, 0.5) is 5.69 Å². The zero-order valence-corrected chi connectivity index (χ0v) is 17.6. The van der Waals surface area contributed by atoms with Crippen LogP contribution in [-0.4, -0.2) is 68.0 Å². The Balaban J connectivity index is 1.50. The molecule has 0 aromatic heterocycles.